The normalized spacial score (nSPS) is 12.2. The zero-order valence-electron chi connectivity index (χ0n) is 15.7. The Morgan fingerprint density at radius 2 is 1.24 bits per heavy atom. The number of hydrogen-bond donors (Lipinski definition) is 4. The molecule has 1 atom stereocenters. The van der Waals surface area contributed by atoms with Gasteiger partial charge in [0.2, 0.25) is 5.91 Å². The molecule has 25 heavy (non-hydrogen) atoms. The maximum Gasteiger partial charge on any atom is 0.394 e. The number of amides is 1. The van der Waals surface area contributed by atoms with Gasteiger partial charge in [0.05, 0.1) is 6.61 Å². The zero-order valence-corrected chi connectivity index (χ0v) is 16.6. The van der Waals surface area contributed by atoms with Crippen LogP contribution in [0.1, 0.15) is 90.9 Å². The average Bonchev–Trinajstić information content (AvgIpc) is 2.50. The van der Waals surface area contributed by atoms with Gasteiger partial charge in [-0.1, -0.05) is 71.1 Å². The van der Waals surface area contributed by atoms with Crippen molar-refractivity contribution in [2.24, 2.45) is 0 Å². The summed E-state index contributed by atoms with van der Waals surface area (Å²) in [4.78, 5) is 11.5. The Morgan fingerprint density at radius 3 is 1.60 bits per heavy atom. The van der Waals surface area contributed by atoms with E-state index in [2.05, 4.69) is 12.2 Å². The Hall–Kier alpha value is -0.700. The van der Waals surface area contributed by atoms with Gasteiger partial charge in [0.1, 0.15) is 0 Å². The molecule has 152 valence electrons. The lowest BCUT2D eigenvalue weighted by molar-refractivity contribution is -0.122. The molecule has 0 aliphatic carbocycles. The van der Waals surface area contributed by atoms with E-state index in [1.807, 2.05) is 6.92 Å². The van der Waals surface area contributed by atoms with Crippen LogP contribution in [0.2, 0.25) is 0 Å². The van der Waals surface area contributed by atoms with E-state index in [0.717, 1.165) is 12.8 Å². The molecule has 8 heteroatoms. The highest BCUT2D eigenvalue weighted by atomic mass is 32.3. The first-order valence-corrected chi connectivity index (χ1v) is 10.7. The van der Waals surface area contributed by atoms with Gasteiger partial charge in [0, 0.05) is 12.5 Å². The van der Waals surface area contributed by atoms with Crippen LogP contribution in [0.4, 0.5) is 0 Å². The molecule has 0 saturated carbocycles. The molecular weight excluding hydrogens is 346 g/mol. The number of hydrogen-bond acceptors (Lipinski definition) is 4. The van der Waals surface area contributed by atoms with Gasteiger partial charge in [0.25, 0.3) is 0 Å². The summed E-state index contributed by atoms with van der Waals surface area (Å²) in [6, 6.07) is -0.116. The Bertz CT molecular complexity index is 392. The van der Waals surface area contributed by atoms with Crippen molar-refractivity contribution in [2.75, 3.05) is 6.61 Å². The maximum atomic E-state index is 11.5. The molecule has 0 aliphatic heterocycles. The molecule has 0 bridgehead atoms. The Morgan fingerprint density at radius 1 is 0.880 bits per heavy atom. The third-order valence-electron chi connectivity index (χ3n) is 3.69. The summed E-state index contributed by atoms with van der Waals surface area (Å²) >= 11 is 0. The van der Waals surface area contributed by atoms with E-state index in [-0.39, 0.29) is 18.6 Å². The fraction of sp³-hybridized carbons (Fsp3) is 0.941. The van der Waals surface area contributed by atoms with Crippen molar-refractivity contribution in [3.05, 3.63) is 0 Å². The molecule has 0 spiro atoms. The molecule has 0 saturated heterocycles. The van der Waals surface area contributed by atoms with Crippen LogP contribution in [0.15, 0.2) is 0 Å². The lowest BCUT2D eigenvalue weighted by atomic mass is 10.1. The second-order valence-corrected chi connectivity index (χ2v) is 7.28. The van der Waals surface area contributed by atoms with Crippen LogP contribution in [0, 0.1) is 0 Å². The van der Waals surface area contributed by atoms with E-state index in [1.54, 1.807) is 0 Å². The second-order valence-electron chi connectivity index (χ2n) is 6.38. The average molecular weight is 384 g/mol. The predicted molar refractivity (Wildman–Crippen MR) is 99.9 cm³/mol. The van der Waals surface area contributed by atoms with Gasteiger partial charge in [-0.3, -0.25) is 13.9 Å². The number of aliphatic hydroxyl groups is 1. The fourth-order valence-electron chi connectivity index (χ4n) is 2.34. The number of nitrogens with one attached hydrogen (secondary N) is 1. The quantitative estimate of drug-likeness (QED) is 0.269. The highest BCUT2D eigenvalue weighted by Crippen LogP contribution is 2.11. The van der Waals surface area contributed by atoms with Crippen LogP contribution in [0.3, 0.4) is 0 Å². The van der Waals surface area contributed by atoms with Gasteiger partial charge < -0.3 is 10.4 Å². The van der Waals surface area contributed by atoms with Crippen molar-refractivity contribution in [3.8, 4) is 0 Å². The maximum absolute atomic E-state index is 11.5. The van der Waals surface area contributed by atoms with E-state index in [4.69, 9.17) is 22.6 Å². The molecule has 0 aromatic carbocycles. The minimum absolute atomic E-state index is 0.0179. The van der Waals surface area contributed by atoms with E-state index in [0.29, 0.717) is 6.42 Å². The molecule has 4 N–H and O–H groups in total. The van der Waals surface area contributed by atoms with Crippen molar-refractivity contribution >= 4 is 16.3 Å². The molecular formula is C17H37NO6S. The number of unbranched alkanes of at least 4 members (excludes halogenated alkanes) is 10. The third kappa shape index (κ3) is 31.6. The zero-order chi connectivity index (χ0) is 19.6. The molecule has 0 radical (unpaired) electrons. The van der Waals surface area contributed by atoms with Crippen LogP contribution in [0.25, 0.3) is 0 Å². The Labute approximate surface area is 153 Å². The topological polar surface area (TPSA) is 124 Å². The first-order chi connectivity index (χ1) is 11.7. The van der Waals surface area contributed by atoms with Crippen molar-refractivity contribution in [1.29, 1.82) is 0 Å². The Kier molecular flexibility index (Phi) is 19.2. The number of rotatable bonds is 14. The van der Waals surface area contributed by atoms with Gasteiger partial charge in [-0.25, -0.2) is 0 Å². The van der Waals surface area contributed by atoms with Gasteiger partial charge >= 0.3 is 10.4 Å². The Balaban J connectivity index is 0. The summed E-state index contributed by atoms with van der Waals surface area (Å²) < 4.78 is 31.6. The van der Waals surface area contributed by atoms with E-state index in [9.17, 15) is 4.79 Å². The van der Waals surface area contributed by atoms with Crippen LogP contribution in [-0.4, -0.2) is 41.2 Å². The number of carbonyl (C=O) groups excluding carboxylic acids is 1. The second kappa shape index (κ2) is 18.1. The van der Waals surface area contributed by atoms with Crippen LogP contribution in [0.5, 0.6) is 0 Å². The largest absolute Gasteiger partial charge is 0.394 e. The van der Waals surface area contributed by atoms with Crippen molar-refractivity contribution in [1.82, 2.24) is 5.32 Å². The minimum Gasteiger partial charge on any atom is -0.394 e. The number of carbonyl (C=O) groups is 1. The summed E-state index contributed by atoms with van der Waals surface area (Å²) in [6.07, 6.45) is 14.9. The lowest BCUT2D eigenvalue weighted by Gasteiger charge is -2.10. The van der Waals surface area contributed by atoms with Crippen molar-refractivity contribution < 1.29 is 27.4 Å². The van der Waals surface area contributed by atoms with E-state index in [1.165, 1.54) is 57.8 Å². The molecule has 0 aliphatic rings. The fourth-order valence-corrected chi connectivity index (χ4v) is 2.34. The monoisotopic (exact) mass is 383 g/mol. The highest BCUT2D eigenvalue weighted by molar-refractivity contribution is 7.79. The first-order valence-electron chi connectivity index (χ1n) is 9.30. The highest BCUT2D eigenvalue weighted by Gasteiger charge is 2.05. The molecule has 0 heterocycles. The van der Waals surface area contributed by atoms with E-state index < -0.39 is 10.4 Å². The first kappa shape index (κ1) is 26.5. The molecule has 1 unspecified atom stereocenters. The lowest BCUT2D eigenvalue weighted by Crippen LogP contribution is -2.34. The summed E-state index contributed by atoms with van der Waals surface area (Å²) in [6.45, 7) is 4.09. The van der Waals surface area contributed by atoms with Gasteiger partial charge in [-0.15, -0.1) is 0 Å². The SMILES string of the molecule is CCCCCCCCCCCCCC(=O)NC(C)CO.O=S(=O)(O)O. The minimum atomic E-state index is -4.67. The molecule has 7 nitrogen and oxygen atoms in total. The van der Waals surface area contributed by atoms with Crippen molar-refractivity contribution in [3.63, 3.8) is 0 Å². The molecule has 0 aromatic heterocycles. The van der Waals surface area contributed by atoms with Gasteiger partial charge in [-0.2, -0.15) is 8.42 Å². The summed E-state index contributed by atoms with van der Waals surface area (Å²) in [7, 11) is -4.67. The van der Waals surface area contributed by atoms with Crippen molar-refractivity contribution in [2.45, 2.75) is 96.9 Å². The van der Waals surface area contributed by atoms with Crippen LogP contribution in [-0.2, 0) is 15.2 Å². The van der Waals surface area contributed by atoms with Gasteiger partial charge in [0.15, 0.2) is 0 Å². The summed E-state index contributed by atoms with van der Waals surface area (Å²) in [5, 5.41) is 11.6. The van der Waals surface area contributed by atoms with E-state index >= 15 is 0 Å². The standard InChI is InChI=1S/C17H35NO2.H2O4S/c1-3-4-5-6-7-8-9-10-11-12-13-14-17(20)18-16(2)15-19;1-5(2,3)4/h16,19H,3-15H2,1-2H3,(H,18,20);(H2,1,2,3,4). The smallest absolute Gasteiger partial charge is 0.394 e. The summed E-state index contributed by atoms with van der Waals surface area (Å²) in [5.41, 5.74) is 0. The summed E-state index contributed by atoms with van der Waals surface area (Å²) in [5.74, 6) is 0.0717. The van der Waals surface area contributed by atoms with Gasteiger partial charge in [-0.05, 0) is 13.3 Å². The predicted octanol–water partition coefficient (Wildman–Crippen LogP) is 3.53. The third-order valence-corrected chi connectivity index (χ3v) is 3.69. The molecule has 0 rings (SSSR count). The molecule has 1 amide bonds. The molecule has 0 fully saturated rings. The molecule has 0 aromatic rings. The van der Waals surface area contributed by atoms with Crippen LogP contribution < -0.4 is 5.32 Å². The van der Waals surface area contributed by atoms with Crippen LogP contribution >= 0.6 is 0 Å². The number of aliphatic hydroxyl groups excluding tert-OH is 1.